The molecule has 0 bridgehead atoms. The van der Waals surface area contributed by atoms with Gasteiger partial charge in [-0.1, -0.05) is 53.5 Å². The van der Waals surface area contributed by atoms with E-state index in [4.69, 9.17) is 27.9 Å². The molecule has 0 amide bonds. The number of carbonyl (C=O) groups is 1. The number of piperidine rings is 2. The predicted octanol–water partition coefficient (Wildman–Crippen LogP) is 6.22. The smallest absolute Gasteiger partial charge is 0.325 e. The average Bonchev–Trinajstić information content (AvgIpc) is 2.79. The number of nitrogens with zero attached hydrogens (tertiary/aromatic N) is 2. The lowest BCUT2D eigenvalue weighted by Gasteiger charge is -2.39. The molecule has 2 aromatic carbocycles. The molecule has 0 saturated carbocycles. The van der Waals surface area contributed by atoms with Crippen LogP contribution in [0.2, 0.25) is 10.0 Å². The number of rotatable bonds is 7. The van der Waals surface area contributed by atoms with Crippen molar-refractivity contribution in [2.24, 2.45) is 5.92 Å². The Balaban J connectivity index is 0.00000204. The van der Waals surface area contributed by atoms with Crippen molar-refractivity contribution in [3.8, 4) is 5.75 Å². The summed E-state index contributed by atoms with van der Waals surface area (Å²) >= 11 is 12.1. The molecule has 2 saturated heterocycles. The number of likely N-dealkylation sites (tertiary alicyclic amines) is 2. The number of hydrogen-bond donors (Lipinski definition) is 1. The van der Waals surface area contributed by atoms with Gasteiger partial charge >= 0.3 is 5.97 Å². The van der Waals surface area contributed by atoms with E-state index < -0.39 is 12.0 Å². The molecular weight excluding hydrogens is 518 g/mol. The highest BCUT2D eigenvalue weighted by atomic mass is 35.5. The molecule has 34 heavy (non-hydrogen) atoms. The lowest BCUT2D eigenvalue weighted by Crippen LogP contribution is -2.45. The van der Waals surface area contributed by atoms with Crippen LogP contribution in [0.1, 0.15) is 37.3 Å². The first-order valence-electron chi connectivity index (χ1n) is 11.4. The first-order valence-corrected chi connectivity index (χ1v) is 12.1. The maximum atomic E-state index is 11.9. The first kappa shape index (κ1) is 29.0. The Hall–Kier alpha value is -1.21. The van der Waals surface area contributed by atoms with Crippen molar-refractivity contribution in [3.05, 3.63) is 64.1 Å². The maximum absolute atomic E-state index is 11.9. The summed E-state index contributed by atoms with van der Waals surface area (Å²) in [6.07, 6.45) is 4.27. The van der Waals surface area contributed by atoms with Crippen molar-refractivity contribution in [1.29, 1.82) is 0 Å². The topological polar surface area (TPSA) is 53.0 Å². The van der Waals surface area contributed by atoms with E-state index in [1.54, 1.807) is 12.1 Å². The highest BCUT2D eigenvalue weighted by molar-refractivity contribution is 6.42. The van der Waals surface area contributed by atoms with Crippen LogP contribution in [0.5, 0.6) is 5.75 Å². The van der Waals surface area contributed by atoms with Gasteiger partial charge in [0.25, 0.3) is 0 Å². The SMILES string of the molecule is Cl.Cl.O=C(O)[C@@H](c1ccccc1)N1CCC(CN2CCC(Oc3ccc(Cl)c(Cl)c3)CC2)CC1. The van der Waals surface area contributed by atoms with E-state index in [2.05, 4.69) is 9.80 Å². The Morgan fingerprint density at radius 3 is 2.18 bits per heavy atom. The molecule has 188 valence electrons. The zero-order valence-corrected chi connectivity index (χ0v) is 22.1. The van der Waals surface area contributed by atoms with Crippen LogP contribution in [0.3, 0.4) is 0 Å². The standard InChI is InChI=1S/C25H30Cl2N2O3.2ClH/c26-22-7-6-21(16-23(22)27)32-20-10-12-28(13-11-20)17-18-8-14-29(15-9-18)24(25(30)31)19-4-2-1-3-5-19;;/h1-7,16,18,20,24H,8-15,17H2,(H,30,31);2*1H/t24-;;/m1../s1. The number of hydrogen-bond acceptors (Lipinski definition) is 4. The normalized spacial score (nSPS) is 19.0. The Morgan fingerprint density at radius 1 is 0.941 bits per heavy atom. The number of carboxylic acid groups (broad SMARTS) is 1. The van der Waals surface area contributed by atoms with Crippen LogP contribution in [0.25, 0.3) is 0 Å². The Labute approximate surface area is 224 Å². The van der Waals surface area contributed by atoms with Crippen LogP contribution in [0.15, 0.2) is 48.5 Å². The van der Waals surface area contributed by atoms with Crippen molar-refractivity contribution in [3.63, 3.8) is 0 Å². The monoisotopic (exact) mass is 548 g/mol. The molecule has 0 aromatic heterocycles. The van der Waals surface area contributed by atoms with Crippen molar-refractivity contribution in [2.75, 3.05) is 32.7 Å². The molecule has 0 spiro atoms. The number of halogens is 4. The Kier molecular flexibility index (Phi) is 11.8. The quantitative estimate of drug-likeness (QED) is 0.444. The summed E-state index contributed by atoms with van der Waals surface area (Å²) in [7, 11) is 0. The van der Waals surface area contributed by atoms with Gasteiger partial charge in [-0.25, -0.2) is 0 Å². The molecule has 0 unspecified atom stereocenters. The van der Waals surface area contributed by atoms with Gasteiger partial charge in [0.15, 0.2) is 0 Å². The van der Waals surface area contributed by atoms with Crippen LogP contribution in [0, 0.1) is 5.92 Å². The number of ether oxygens (including phenoxy) is 1. The molecule has 1 atom stereocenters. The second-order valence-electron chi connectivity index (χ2n) is 8.82. The van der Waals surface area contributed by atoms with Crippen molar-refractivity contribution in [1.82, 2.24) is 9.80 Å². The fourth-order valence-electron chi connectivity index (χ4n) is 4.86. The summed E-state index contributed by atoms with van der Waals surface area (Å²) in [6.45, 7) is 4.78. The van der Waals surface area contributed by atoms with E-state index >= 15 is 0 Å². The second kappa shape index (κ2) is 13.8. The van der Waals surface area contributed by atoms with Gasteiger partial charge in [-0.05, 0) is 62.4 Å². The van der Waals surface area contributed by atoms with Crippen LogP contribution in [-0.4, -0.2) is 59.7 Å². The van der Waals surface area contributed by atoms with Crippen LogP contribution in [0.4, 0.5) is 0 Å². The fourth-order valence-corrected chi connectivity index (χ4v) is 5.14. The number of benzene rings is 2. The predicted molar refractivity (Wildman–Crippen MR) is 142 cm³/mol. The third-order valence-electron chi connectivity index (χ3n) is 6.61. The molecule has 2 aliphatic rings. The molecular formula is C25H32Cl4N2O3. The molecule has 2 fully saturated rings. The van der Waals surface area contributed by atoms with Crippen LogP contribution in [-0.2, 0) is 4.79 Å². The minimum atomic E-state index is -0.765. The summed E-state index contributed by atoms with van der Waals surface area (Å²) < 4.78 is 6.10. The maximum Gasteiger partial charge on any atom is 0.325 e. The second-order valence-corrected chi connectivity index (χ2v) is 9.64. The lowest BCUT2D eigenvalue weighted by molar-refractivity contribution is -0.144. The third-order valence-corrected chi connectivity index (χ3v) is 7.35. The van der Waals surface area contributed by atoms with Gasteiger partial charge in [-0.15, -0.1) is 24.8 Å². The fraction of sp³-hybridized carbons (Fsp3) is 0.480. The van der Waals surface area contributed by atoms with Crippen molar-refractivity contribution in [2.45, 2.75) is 37.8 Å². The van der Waals surface area contributed by atoms with E-state index in [9.17, 15) is 9.90 Å². The molecule has 9 heteroatoms. The van der Waals surface area contributed by atoms with E-state index in [1.807, 2.05) is 36.4 Å². The van der Waals surface area contributed by atoms with Gasteiger partial charge in [0.2, 0.25) is 0 Å². The van der Waals surface area contributed by atoms with E-state index in [-0.39, 0.29) is 30.9 Å². The minimum Gasteiger partial charge on any atom is -0.490 e. The molecule has 2 heterocycles. The number of carboxylic acids is 1. The molecule has 4 rings (SSSR count). The molecule has 0 radical (unpaired) electrons. The highest BCUT2D eigenvalue weighted by Crippen LogP contribution is 2.30. The van der Waals surface area contributed by atoms with Gasteiger partial charge in [0.1, 0.15) is 17.9 Å². The van der Waals surface area contributed by atoms with Crippen molar-refractivity contribution >= 4 is 54.0 Å². The van der Waals surface area contributed by atoms with E-state index in [1.165, 1.54) is 0 Å². The minimum absolute atomic E-state index is 0. The lowest BCUT2D eigenvalue weighted by atomic mass is 9.93. The zero-order chi connectivity index (χ0) is 22.5. The molecule has 5 nitrogen and oxygen atoms in total. The summed E-state index contributed by atoms with van der Waals surface area (Å²) in [5, 5.41) is 10.8. The van der Waals surface area contributed by atoms with E-state index in [0.717, 1.165) is 69.7 Å². The molecule has 2 aromatic rings. The van der Waals surface area contributed by atoms with Crippen molar-refractivity contribution < 1.29 is 14.6 Å². The molecule has 2 aliphatic heterocycles. The number of aliphatic carboxylic acids is 1. The van der Waals surface area contributed by atoms with Gasteiger partial charge < -0.3 is 14.7 Å². The summed E-state index contributed by atoms with van der Waals surface area (Å²) in [4.78, 5) is 16.6. The van der Waals surface area contributed by atoms with Gasteiger partial charge in [-0.3, -0.25) is 9.69 Å². The molecule has 1 N–H and O–H groups in total. The highest BCUT2D eigenvalue weighted by Gasteiger charge is 2.32. The van der Waals surface area contributed by atoms with Gasteiger partial charge in [-0.2, -0.15) is 0 Å². The Bertz CT molecular complexity index is 902. The van der Waals surface area contributed by atoms with Crippen LogP contribution >= 0.6 is 48.0 Å². The average molecular weight is 550 g/mol. The van der Waals surface area contributed by atoms with Gasteiger partial charge in [0, 0.05) is 25.7 Å². The van der Waals surface area contributed by atoms with Gasteiger partial charge in [0.05, 0.1) is 10.0 Å². The summed E-state index contributed by atoms with van der Waals surface area (Å²) in [5.41, 5.74) is 0.863. The largest absolute Gasteiger partial charge is 0.490 e. The third kappa shape index (κ3) is 7.64. The van der Waals surface area contributed by atoms with Crippen LogP contribution < -0.4 is 4.74 Å². The molecule has 0 aliphatic carbocycles. The Morgan fingerprint density at radius 2 is 1.59 bits per heavy atom. The zero-order valence-electron chi connectivity index (χ0n) is 18.9. The first-order chi connectivity index (χ1) is 15.5. The van der Waals surface area contributed by atoms with E-state index in [0.29, 0.717) is 16.0 Å². The summed E-state index contributed by atoms with van der Waals surface area (Å²) in [6, 6.07) is 14.4. The summed E-state index contributed by atoms with van der Waals surface area (Å²) in [5.74, 6) is 0.624.